The van der Waals surface area contributed by atoms with Crippen LogP contribution in [-0.2, 0) is 9.53 Å². The molecule has 0 saturated carbocycles. The standard InChI is InChI=1S/C20H26N2O4/c23-16-5-3-4-15(12-16)18(24)22-10-6-20(7-11-22)13-17(26-19(20)25)14-21-8-1-2-9-21/h3-5,12,17,23H,1-2,6-11,13-14H2. The summed E-state index contributed by atoms with van der Waals surface area (Å²) in [6, 6.07) is 6.42. The van der Waals surface area contributed by atoms with E-state index in [1.807, 2.05) is 0 Å². The molecule has 3 aliphatic rings. The fourth-order valence-corrected chi connectivity index (χ4v) is 4.56. The van der Waals surface area contributed by atoms with Crippen LogP contribution in [0.25, 0.3) is 0 Å². The fraction of sp³-hybridized carbons (Fsp3) is 0.600. The molecule has 4 rings (SSSR count). The highest BCUT2D eigenvalue weighted by Crippen LogP contribution is 2.43. The third kappa shape index (κ3) is 3.30. The van der Waals surface area contributed by atoms with Crippen LogP contribution < -0.4 is 0 Å². The van der Waals surface area contributed by atoms with E-state index in [9.17, 15) is 14.7 Å². The maximum Gasteiger partial charge on any atom is 0.312 e. The molecule has 1 spiro atoms. The van der Waals surface area contributed by atoms with E-state index in [2.05, 4.69) is 4.90 Å². The van der Waals surface area contributed by atoms with E-state index >= 15 is 0 Å². The first-order chi connectivity index (χ1) is 12.6. The van der Waals surface area contributed by atoms with Gasteiger partial charge in [-0.15, -0.1) is 0 Å². The summed E-state index contributed by atoms with van der Waals surface area (Å²) in [6.45, 7) is 4.17. The maximum atomic E-state index is 12.6. The van der Waals surface area contributed by atoms with Gasteiger partial charge in [-0.3, -0.25) is 14.5 Å². The van der Waals surface area contributed by atoms with Crippen LogP contribution in [0.2, 0.25) is 0 Å². The van der Waals surface area contributed by atoms with E-state index in [0.717, 1.165) is 26.1 Å². The van der Waals surface area contributed by atoms with Crippen LogP contribution >= 0.6 is 0 Å². The number of cyclic esters (lactones) is 1. The molecule has 3 aliphatic heterocycles. The van der Waals surface area contributed by atoms with Crippen molar-refractivity contribution in [2.75, 3.05) is 32.7 Å². The van der Waals surface area contributed by atoms with Gasteiger partial charge in [-0.05, 0) is 57.0 Å². The van der Waals surface area contributed by atoms with Gasteiger partial charge in [-0.2, -0.15) is 0 Å². The summed E-state index contributed by atoms with van der Waals surface area (Å²) in [5.41, 5.74) is 0.0712. The minimum atomic E-state index is -0.417. The molecule has 0 radical (unpaired) electrons. The molecule has 3 heterocycles. The molecule has 0 aromatic heterocycles. The first-order valence-corrected chi connectivity index (χ1v) is 9.57. The Bertz CT molecular complexity index is 691. The van der Waals surface area contributed by atoms with Gasteiger partial charge in [0.1, 0.15) is 11.9 Å². The fourth-order valence-electron chi connectivity index (χ4n) is 4.56. The zero-order valence-corrected chi connectivity index (χ0v) is 15.0. The minimum Gasteiger partial charge on any atom is -0.508 e. The molecule has 1 atom stereocenters. The molecule has 1 aromatic rings. The first kappa shape index (κ1) is 17.3. The molecule has 0 bridgehead atoms. The van der Waals surface area contributed by atoms with Gasteiger partial charge in [-0.25, -0.2) is 0 Å². The van der Waals surface area contributed by atoms with Crippen molar-refractivity contribution in [3.8, 4) is 5.75 Å². The second kappa shape index (κ2) is 6.91. The van der Waals surface area contributed by atoms with Gasteiger partial charge >= 0.3 is 5.97 Å². The smallest absolute Gasteiger partial charge is 0.312 e. The average Bonchev–Trinajstić information content (AvgIpc) is 3.24. The number of phenols is 1. The number of rotatable bonds is 3. The number of piperidine rings is 1. The lowest BCUT2D eigenvalue weighted by molar-refractivity contribution is -0.150. The largest absolute Gasteiger partial charge is 0.508 e. The lowest BCUT2D eigenvalue weighted by atomic mass is 9.76. The molecule has 0 aliphatic carbocycles. The summed E-state index contributed by atoms with van der Waals surface area (Å²) < 4.78 is 5.70. The summed E-state index contributed by atoms with van der Waals surface area (Å²) in [4.78, 5) is 29.3. The number of benzene rings is 1. The molecular formula is C20H26N2O4. The predicted octanol–water partition coefficient (Wildman–Crippen LogP) is 2.03. The van der Waals surface area contributed by atoms with Crippen LogP contribution in [0.3, 0.4) is 0 Å². The monoisotopic (exact) mass is 358 g/mol. The van der Waals surface area contributed by atoms with Crippen LogP contribution in [0.15, 0.2) is 24.3 Å². The molecule has 1 aromatic carbocycles. The second-order valence-electron chi connectivity index (χ2n) is 7.86. The maximum absolute atomic E-state index is 12.6. The van der Waals surface area contributed by atoms with Crippen molar-refractivity contribution < 1.29 is 19.4 Å². The normalized spacial score (nSPS) is 25.6. The Kier molecular flexibility index (Phi) is 4.61. The Balaban J connectivity index is 1.36. The van der Waals surface area contributed by atoms with Crippen molar-refractivity contribution in [2.24, 2.45) is 5.41 Å². The van der Waals surface area contributed by atoms with Crippen LogP contribution in [-0.4, -0.2) is 65.6 Å². The predicted molar refractivity (Wildman–Crippen MR) is 95.8 cm³/mol. The Morgan fingerprint density at radius 2 is 1.92 bits per heavy atom. The van der Waals surface area contributed by atoms with Crippen LogP contribution in [0.4, 0.5) is 0 Å². The van der Waals surface area contributed by atoms with Gasteiger partial charge in [0.2, 0.25) is 0 Å². The van der Waals surface area contributed by atoms with Crippen molar-refractivity contribution >= 4 is 11.9 Å². The van der Waals surface area contributed by atoms with Crippen molar-refractivity contribution in [1.82, 2.24) is 9.80 Å². The van der Waals surface area contributed by atoms with E-state index in [1.165, 1.54) is 18.9 Å². The lowest BCUT2D eigenvalue weighted by Crippen LogP contribution is -2.45. The molecular weight excluding hydrogens is 332 g/mol. The van der Waals surface area contributed by atoms with Crippen LogP contribution in [0.5, 0.6) is 5.75 Å². The number of hydrogen-bond acceptors (Lipinski definition) is 5. The van der Waals surface area contributed by atoms with Gasteiger partial charge in [0.05, 0.1) is 5.41 Å². The van der Waals surface area contributed by atoms with Crippen molar-refractivity contribution in [3.63, 3.8) is 0 Å². The number of phenolic OH excluding ortho intramolecular Hbond substituents is 1. The summed E-state index contributed by atoms with van der Waals surface area (Å²) >= 11 is 0. The van der Waals surface area contributed by atoms with Gasteiger partial charge in [-0.1, -0.05) is 6.07 Å². The Hall–Kier alpha value is -2.08. The van der Waals surface area contributed by atoms with E-state index in [0.29, 0.717) is 31.5 Å². The van der Waals surface area contributed by atoms with Crippen LogP contribution in [0, 0.1) is 5.41 Å². The molecule has 3 fully saturated rings. The van der Waals surface area contributed by atoms with E-state index in [1.54, 1.807) is 23.1 Å². The SMILES string of the molecule is O=C(c1cccc(O)c1)N1CCC2(CC1)CC(CN1CCCC1)OC2=O. The Morgan fingerprint density at radius 1 is 1.19 bits per heavy atom. The zero-order valence-electron chi connectivity index (χ0n) is 15.0. The highest BCUT2D eigenvalue weighted by atomic mass is 16.6. The van der Waals surface area contributed by atoms with Gasteiger partial charge in [0, 0.05) is 31.6 Å². The number of nitrogens with zero attached hydrogens (tertiary/aromatic N) is 2. The van der Waals surface area contributed by atoms with Crippen LogP contribution in [0.1, 0.15) is 42.5 Å². The molecule has 140 valence electrons. The summed E-state index contributed by atoms with van der Waals surface area (Å²) in [7, 11) is 0. The number of likely N-dealkylation sites (tertiary alicyclic amines) is 2. The third-order valence-electron chi connectivity index (χ3n) is 6.09. The van der Waals surface area contributed by atoms with Crippen molar-refractivity contribution in [2.45, 2.75) is 38.2 Å². The average molecular weight is 358 g/mol. The summed E-state index contributed by atoms with van der Waals surface area (Å²) in [5.74, 6) is -0.0738. The van der Waals surface area contributed by atoms with E-state index in [-0.39, 0.29) is 23.7 Å². The molecule has 3 saturated heterocycles. The topological polar surface area (TPSA) is 70.1 Å². The molecule has 1 unspecified atom stereocenters. The molecule has 1 amide bonds. The quantitative estimate of drug-likeness (QED) is 0.837. The number of ether oxygens (including phenoxy) is 1. The molecule has 1 N–H and O–H groups in total. The van der Waals surface area contributed by atoms with E-state index in [4.69, 9.17) is 4.74 Å². The summed E-state index contributed by atoms with van der Waals surface area (Å²) in [5, 5.41) is 9.57. The number of carbonyl (C=O) groups excluding carboxylic acids is 2. The van der Waals surface area contributed by atoms with Gasteiger partial charge in [0.25, 0.3) is 5.91 Å². The second-order valence-corrected chi connectivity index (χ2v) is 7.86. The molecule has 26 heavy (non-hydrogen) atoms. The third-order valence-corrected chi connectivity index (χ3v) is 6.09. The highest BCUT2D eigenvalue weighted by molar-refractivity contribution is 5.94. The van der Waals surface area contributed by atoms with Gasteiger partial charge in [0.15, 0.2) is 0 Å². The number of esters is 1. The Morgan fingerprint density at radius 3 is 2.62 bits per heavy atom. The van der Waals surface area contributed by atoms with Crippen molar-refractivity contribution in [1.29, 1.82) is 0 Å². The van der Waals surface area contributed by atoms with Gasteiger partial charge < -0.3 is 14.7 Å². The number of hydrogen-bond donors (Lipinski definition) is 1. The zero-order chi connectivity index (χ0) is 18.1. The molecule has 6 heteroatoms. The minimum absolute atomic E-state index is 0.00563. The van der Waals surface area contributed by atoms with Crippen molar-refractivity contribution in [3.05, 3.63) is 29.8 Å². The number of aromatic hydroxyl groups is 1. The summed E-state index contributed by atoms with van der Waals surface area (Å²) in [6.07, 6.45) is 4.56. The number of carbonyl (C=O) groups is 2. The highest BCUT2D eigenvalue weighted by Gasteiger charge is 2.51. The molecule has 6 nitrogen and oxygen atoms in total. The van der Waals surface area contributed by atoms with E-state index < -0.39 is 5.41 Å². The lowest BCUT2D eigenvalue weighted by Gasteiger charge is -2.36. The first-order valence-electron chi connectivity index (χ1n) is 9.57. The Labute approximate surface area is 153 Å². The number of amides is 1.